The van der Waals surface area contributed by atoms with E-state index in [1.165, 1.54) is 0 Å². The first-order valence-corrected chi connectivity index (χ1v) is 7.78. The van der Waals surface area contributed by atoms with Gasteiger partial charge in [-0.1, -0.05) is 0 Å². The second kappa shape index (κ2) is 2.93. The summed E-state index contributed by atoms with van der Waals surface area (Å²) in [6.07, 6.45) is 0. The van der Waals surface area contributed by atoms with Crippen LogP contribution in [-0.4, -0.2) is 37.9 Å². The molecule has 1 aliphatic heterocycles. The molecule has 1 unspecified atom stereocenters. The van der Waals surface area contributed by atoms with Gasteiger partial charge in [0.25, 0.3) is 0 Å². The first-order valence-electron chi connectivity index (χ1n) is 2.14. The molecule has 1 atom stereocenters. The minimum absolute atomic E-state index is 0.199. The first kappa shape index (κ1) is 6.70. The molecule has 44 valence electrons. The molecule has 5 heteroatoms. The van der Waals surface area contributed by atoms with E-state index >= 15 is 0 Å². The number of hydrogen-bond donors (Lipinski definition) is 1. The van der Waals surface area contributed by atoms with E-state index in [1.807, 2.05) is 0 Å². The molecular formula is C3H5NO2SSn. The van der Waals surface area contributed by atoms with Crippen LogP contribution in [0, 0.1) is 0 Å². The van der Waals surface area contributed by atoms with Crippen LogP contribution in [0.1, 0.15) is 0 Å². The van der Waals surface area contributed by atoms with Crippen LogP contribution >= 0.6 is 8.95 Å². The van der Waals surface area contributed by atoms with E-state index in [0.717, 1.165) is 5.75 Å². The summed E-state index contributed by atoms with van der Waals surface area (Å²) < 4.78 is 4.76. The zero-order chi connectivity index (χ0) is 5.98. The Kier molecular flexibility index (Phi) is 2.45. The average molecular weight is 238 g/mol. The topological polar surface area (TPSA) is 52.3 Å². The number of rotatable bonds is 0. The van der Waals surface area contributed by atoms with E-state index in [9.17, 15) is 4.79 Å². The van der Waals surface area contributed by atoms with Crippen LogP contribution < -0.4 is 5.73 Å². The van der Waals surface area contributed by atoms with Gasteiger partial charge in [-0.2, -0.15) is 0 Å². The number of hydrogen-bond acceptors (Lipinski definition) is 4. The zero-order valence-electron chi connectivity index (χ0n) is 4.09. The van der Waals surface area contributed by atoms with Gasteiger partial charge in [0.2, 0.25) is 0 Å². The molecule has 0 bridgehead atoms. The normalized spacial score (nSPS) is 29.6. The van der Waals surface area contributed by atoms with Crippen molar-refractivity contribution in [3.8, 4) is 0 Å². The number of carbonyl (C=O) groups is 1. The molecule has 0 aliphatic carbocycles. The van der Waals surface area contributed by atoms with E-state index in [2.05, 4.69) is 0 Å². The third-order valence-electron chi connectivity index (χ3n) is 0.767. The third-order valence-corrected chi connectivity index (χ3v) is 5.22. The molecule has 1 fully saturated rings. The quantitative estimate of drug-likeness (QED) is 0.557. The Balaban J connectivity index is 2.39. The Morgan fingerprint density at radius 1 is 2.00 bits per heavy atom. The van der Waals surface area contributed by atoms with Crippen molar-refractivity contribution in [3.05, 3.63) is 0 Å². The summed E-state index contributed by atoms with van der Waals surface area (Å²) in [5, 5.41) is 0. The summed E-state index contributed by atoms with van der Waals surface area (Å²) in [6.45, 7) is 0. The van der Waals surface area contributed by atoms with Crippen molar-refractivity contribution in [2.24, 2.45) is 5.73 Å². The fraction of sp³-hybridized carbons (Fsp3) is 0.667. The second-order valence-corrected chi connectivity index (χ2v) is 6.69. The van der Waals surface area contributed by atoms with Crippen LogP contribution in [0.15, 0.2) is 0 Å². The minimum atomic E-state index is -0.818. The van der Waals surface area contributed by atoms with Gasteiger partial charge in [0.05, 0.1) is 0 Å². The Morgan fingerprint density at radius 3 is 3.12 bits per heavy atom. The molecule has 2 N–H and O–H groups in total. The Labute approximate surface area is 60.5 Å². The molecule has 3 nitrogen and oxygen atoms in total. The summed E-state index contributed by atoms with van der Waals surface area (Å²) in [4.78, 5) is 10.5. The predicted octanol–water partition coefficient (Wildman–Crippen LogP) is -0.862. The molecule has 2 radical (unpaired) electrons. The van der Waals surface area contributed by atoms with Gasteiger partial charge in [-0.3, -0.25) is 0 Å². The molecule has 1 heterocycles. The Morgan fingerprint density at radius 2 is 2.75 bits per heavy atom. The van der Waals surface area contributed by atoms with Gasteiger partial charge < -0.3 is 0 Å². The fourth-order valence-corrected chi connectivity index (χ4v) is 4.62. The molecule has 1 aliphatic rings. The maximum atomic E-state index is 10.5. The Hall–Kier alpha value is 0.579. The molecule has 8 heavy (non-hydrogen) atoms. The van der Waals surface area contributed by atoms with Gasteiger partial charge in [0.15, 0.2) is 0 Å². The summed E-state index contributed by atoms with van der Waals surface area (Å²) >= 11 is -0.818. The maximum absolute atomic E-state index is 10.5. The monoisotopic (exact) mass is 239 g/mol. The van der Waals surface area contributed by atoms with Gasteiger partial charge in [-0.25, -0.2) is 0 Å². The third kappa shape index (κ3) is 1.53. The van der Waals surface area contributed by atoms with Crippen LogP contribution in [0.2, 0.25) is 0 Å². The van der Waals surface area contributed by atoms with Crippen molar-refractivity contribution in [1.82, 2.24) is 0 Å². The Bertz CT molecular complexity index is 109. The van der Waals surface area contributed by atoms with Crippen molar-refractivity contribution in [2.75, 3.05) is 5.75 Å². The van der Waals surface area contributed by atoms with Crippen LogP contribution in [0.4, 0.5) is 0 Å². The molecule has 1 saturated heterocycles. The van der Waals surface area contributed by atoms with Gasteiger partial charge in [-0.05, 0) is 0 Å². The fourth-order valence-electron chi connectivity index (χ4n) is 0.338. The molecule has 0 spiro atoms. The first-order chi connectivity index (χ1) is 3.80. The van der Waals surface area contributed by atoms with E-state index in [1.54, 1.807) is 8.95 Å². The number of nitrogens with two attached hydrogens (primary N) is 1. The van der Waals surface area contributed by atoms with Crippen molar-refractivity contribution in [2.45, 2.75) is 6.04 Å². The van der Waals surface area contributed by atoms with Crippen molar-refractivity contribution in [1.29, 1.82) is 0 Å². The number of carbonyl (C=O) groups excluding carboxylic acids is 1. The molecule has 0 aromatic heterocycles. The molecule has 0 aromatic rings. The van der Waals surface area contributed by atoms with Gasteiger partial charge in [0.1, 0.15) is 0 Å². The summed E-state index contributed by atoms with van der Waals surface area (Å²) in [7, 11) is 1.71. The van der Waals surface area contributed by atoms with E-state index in [0.29, 0.717) is 0 Å². The summed E-state index contributed by atoms with van der Waals surface area (Å²) in [6, 6.07) is -0.352. The van der Waals surface area contributed by atoms with E-state index in [-0.39, 0.29) is 12.0 Å². The van der Waals surface area contributed by atoms with Crippen molar-refractivity contribution >= 4 is 35.1 Å². The average Bonchev–Trinajstić information content (AvgIpc) is 1.77. The van der Waals surface area contributed by atoms with Gasteiger partial charge in [-0.15, -0.1) is 0 Å². The van der Waals surface area contributed by atoms with Crippen LogP contribution in [-0.2, 0) is 7.87 Å². The molecule has 0 saturated carbocycles. The zero-order valence-corrected chi connectivity index (χ0v) is 7.76. The van der Waals surface area contributed by atoms with Crippen LogP contribution in [0.25, 0.3) is 0 Å². The van der Waals surface area contributed by atoms with Crippen molar-refractivity contribution < 1.29 is 7.87 Å². The molecule has 1 rings (SSSR count). The molecule has 0 amide bonds. The molecule has 0 aromatic carbocycles. The van der Waals surface area contributed by atoms with Gasteiger partial charge >= 0.3 is 60.5 Å². The van der Waals surface area contributed by atoms with Crippen LogP contribution in [0.5, 0.6) is 0 Å². The van der Waals surface area contributed by atoms with Gasteiger partial charge in [0, 0.05) is 0 Å². The summed E-state index contributed by atoms with van der Waals surface area (Å²) in [5.74, 6) is 0.570. The molecular weight excluding hydrogens is 233 g/mol. The standard InChI is InChI=1S/C3H7NO2S.Sn/c4-2(1-7)3(5)6;/h2,7H,1,4H2,(H,5,6);/q;+2/p-2. The van der Waals surface area contributed by atoms with E-state index < -0.39 is 20.2 Å². The van der Waals surface area contributed by atoms with E-state index in [4.69, 9.17) is 8.81 Å². The second-order valence-electron chi connectivity index (χ2n) is 1.42. The SMILES string of the molecule is NC1C[S][Sn][O]C1=O. The van der Waals surface area contributed by atoms with Crippen molar-refractivity contribution in [3.63, 3.8) is 0 Å². The summed E-state index contributed by atoms with van der Waals surface area (Å²) in [5.41, 5.74) is 5.31. The van der Waals surface area contributed by atoms with Crippen LogP contribution in [0.3, 0.4) is 0 Å². The predicted molar refractivity (Wildman–Crippen MR) is 32.3 cm³/mol.